The summed E-state index contributed by atoms with van der Waals surface area (Å²) in [4.78, 5) is 25.2. The predicted molar refractivity (Wildman–Crippen MR) is 145 cm³/mol. The van der Waals surface area contributed by atoms with E-state index in [1.165, 1.54) is 6.07 Å². The summed E-state index contributed by atoms with van der Waals surface area (Å²) in [5.74, 6) is -0.419. The number of carbonyl (C=O) groups is 1. The van der Waals surface area contributed by atoms with Gasteiger partial charge in [-0.1, -0.05) is 0 Å². The first-order valence-corrected chi connectivity index (χ1v) is 12.9. The van der Waals surface area contributed by atoms with Gasteiger partial charge in [-0.3, -0.25) is 9.48 Å². The van der Waals surface area contributed by atoms with Crippen molar-refractivity contribution < 1.29 is 13.9 Å². The van der Waals surface area contributed by atoms with Gasteiger partial charge in [0.1, 0.15) is 5.52 Å². The summed E-state index contributed by atoms with van der Waals surface area (Å²) in [6, 6.07) is 7.50. The van der Waals surface area contributed by atoms with Gasteiger partial charge in [0.15, 0.2) is 5.82 Å². The van der Waals surface area contributed by atoms with Gasteiger partial charge in [0.2, 0.25) is 5.95 Å². The molecule has 2 saturated heterocycles. The van der Waals surface area contributed by atoms with Gasteiger partial charge in [-0.2, -0.15) is 5.10 Å². The summed E-state index contributed by atoms with van der Waals surface area (Å²) in [5, 5.41) is 15.3. The lowest BCUT2D eigenvalue weighted by Crippen LogP contribution is -2.54. The van der Waals surface area contributed by atoms with Crippen LogP contribution in [0, 0.1) is 5.82 Å². The number of anilines is 3. The van der Waals surface area contributed by atoms with Gasteiger partial charge in [0.05, 0.1) is 23.7 Å². The van der Waals surface area contributed by atoms with Crippen molar-refractivity contribution in [2.24, 2.45) is 7.05 Å². The third kappa shape index (κ3) is 4.74. The van der Waals surface area contributed by atoms with E-state index in [1.807, 2.05) is 6.07 Å². The number of hydrogen-bond acceptors (Lipinski definition) is 8. The average Bonchev–Trinajstić information content (AvgIpc) is 3.51. The molecule has 1 unspecified atom stereocenters. The van der Waals surface area contributed by atoms with E-state index in [2.05, 4.69) is 44.8 Å². The van der Waals surface area contributed by atoms with Crippen LogP contribution in [0.15, 0.2) is 36.7 Å². The van der Waals surface area contributed by atoms with Crippen LogP contribution in [0.3, 0.4) is 0 Å². The number of ether oxygens (including phenoxy) is 1. The average molecular weight is 519 g/mol. The molecule has 3 atom stereocenters. The minimum absolute atomic E-state index is 0.122. The molecular weight excluding hydrogens is 487 g/mol. The van der Waals surface area contributed by atoms with Crippen LogP contribution >= 0.6 is 0 Å². The Kier molecular flexibility index (Phi) is 6.32. The molecule has 2 aromatic carbocycles. The fourth-order valence-corrected chi connectivity index (χ4v) is 5.47. The Hall–Kier alpha value is -3.83. The van der Waals surface area contributed by atoms with E-state index in [9.17, 15) is 9.18 Å². The minimum Gasteiger partial charge on any atom is -0.379 e. The Bertz CT molecular complexity index is 1510. The molecule has 2 aromatic heterocycles. The number of rotatable bonds is 5. The highest BCUT2D eigenvalue weighted by Crippen LogP contribution is 2.31. The van der Waals surface area contributed by atoms with Crippen molar-refractivity contribution in [1.29, 1.82) is 0 Å². The molecule has 3 N–H and O–H groups in total. The maximum atomic E-state index is 14.7. The number of aryl methyl sites for hydroxylation is 1. The Morgan fingerprint density at radius 1 is 1.18 bits per heavy atom. The molecule has 1 amide bonds. The lowest BCUT2D eigenvalue weighted by molar-refractivity contribution is 0.102. The van der Waals surface area contributed by atoms with Crippen LogP contribution in [0.5, 0.6) is 0 Å². The number of nitrogens with one attached hydrogen (secondary N) is 3. The molecule has 0 spiro atoms. The summed E-state index contributed by atoms with van der Waals surface area (Å²) in [7, 11) is 1.73. The smallest absolute Gasteiger partial charge is 0.257 e. The second kappa shape index (κ2) is 9.80. The maximum Gasteiger partial charge on any atom is 0.257 e. The van der Waals surface area contributed by atoms with Gasteiger partial charge >= 0.3 is 0 Å². The van der Waals surface area contributed by atoms with Crippen molar-refractivity contribution in [2.75, 3.05) is 41.8 Å². The third-order valence-electron chi connectivity index (χ3n) is 7.07. The molecule has 10 nitrogen and oxygen atoms in total. The van der Waals surface area contributed by atoms with Crippen LogP contribution in [0.4, 0.5) is 21.7 Å². The van der Waals surface area contributed by atoms with Crippen LogP contribution in [0.2, 0.25) is 0 Å². The highest BCUT2D eigenvalue weighted by Gasteiger charge is 2.25. The molecule has 0 aliphatic carbocycles. The summed E-state index contributed by atoms with van der Waals surface area (Å²) in [6.07, 6.45) is 4.37. The largest absolute Gasteiger partial charge is 0.379 e. The first kappa shape index (κ1) is 24.5. The molecule has 2 fully saturated rings. The van der Waals surface area contributed by atoms with Crippen molar-refractivity contribution in [3.8, 4) is 0 Å². The van der Waals surface area contributed by atoms with Crippen LogP contribution in [-0.4, -0.2) is 70.1 Å². The van der Waals surface area contributed by atoms with Gasteiger partial charge < -0.3 is 25.6 Å². The molecule has 4 heterocycles. The van der Waals surface area contributed by atoms with E-state index in [0.29, 0.717) is 53.4 Å². The fourth-order valence-electron chi connectivity index (χ4n) is 5.47. The first-order chi connectivity index (χ1) is 18.3. The Balaban J connectivity index is 1.38. The van der Waals surface area contributed by atoms with Gasteiger partial charge in [0.25, 0.3) is 5.91 Å². The molecule has 11 heteroatoms. The maximum absolute atomic E-state index is 14.7. The van der Waals surface area contributed by atoms with Crippen molar-refractivity contribution in [3.05, 3.63) is 48.0 Å². The SMILES string of the molecule is C[C@@H]1CN(c2ccc(C(=O)Nc3cc(F)c4nn(C)cc4c3)c3nc(NC4CCOC4)ncc23)C[C@@H](C)N1. The van der Waals surface area contributed by atoms with E-state index in [1.54, 1.807) is 36.3 Å². The molecule has 0 radical (unpaired) electrons. The Morgan fingerprint density at radius 2 is 2.00 bits per heavy atom. The topological polar surface area (TPSA) is 109 Å². The summed E-state index contributed by atoms with van der Waals surface area (Å²) >= 11 is 0. The van der Waals surface area contributed by atoms with E-state index in [4.69, 9.17) is 9.72 Å². The normalized spacial score (nSPS) is 21.8. The number of piperazine rings is 1. The highest BCUT2D eigenvalue weighted by molar-refractivity contribution is 6.14. The van der Waals surface area contributed by atoms with E-state index in [0.717, 1.165) is 30.6 Å². The lowest BCUT2D eigenvalue weighted by atomic mass is 10.0. The van der Waals surface area contributed by atoms with Crippen LogP contribution in [0.25, 0.3) is 21.8 Å². The number of amides is 1. The molecule has 2 aliphatic rings. The molecule has 198 valence electrons. The number of fused-ring (bicyclic) bond motifs is 2. The van der Waals surface area contributed by atoms with Gasteiger partial charge in [-0.25, -0.2) is 14.4 Å². The van der Waals surface area contributed by atoms with Gasteiger partial charge in [-0.05, 0) is 44.5 Å². The van der Waals surface area contributed by atoms with Crippen molar-refractivity contribution in [3.63, 3.8) is 0 Å². The molecule has 0 bridgehead atoms. The highest BCUT2D eigenvalue weighted by atomic mass is 19.1. The number of benzene rings is 2. The Labute approximate surface area is 219 Å². The molecule has 38 heavy (non-hydrogen) atoms. The van der Waals surface area contributed by atoms with Crippen molar-refractivity contribution in [2.45, 2.75) is 38.4 Å². The predicted octanol–water partition coefficient (Wildman–Crippen LogP) is 3.30. The number of aromatic nitrogens is 4. The van der Waals surface area contributed by atoms with Crippen molar-refractivity contribution >= 4 is 45.0 Å². The first-order valence-electron chi connectivity index (χ1n) is 12.9. The quantitative estimate of drug-likeness (QED) is 0.369. The van der Waals surface area contributed by atoms with Gasteiger partial charge in [-0.15, -0.1) is 0 Å². The zero-order chi connectivity index (χ0) is 26.4. The lowest BCUT2D eigenvalue weighted by Gasteiger charge is -2.38. The number of nitrogens with zero attached hydrogens (tertiary/aromatic N) is 5. The summed E-state index contributed by atoms with van der Waals surface area (Å²) in [6.45, 7) is 7.26. The molecule has 4 aromatic rings. The van der Waals surface area contributed by atoms with Crippen LogP contribution < -0.4 is 20.9 Å². The third-order valence-corrected chi connectivity index (χ3v) is 7.07. The second-order valence-corrected chi connectivity index (χ2v) is 10.3. The van der Waals surface area contributed by atoms with E-state index >= 15 is 0 Å². The van der Waals surface area contributed by atoms with Crippen molar-refractivity contribution in [1.82, 2.24) is 25.1 Å². The molecule has 6 rings (SSSR count). The Morgan fingerprint density at radius 3 is 2.76 bits per heavy atom. The van der Waals surface area contributed by atoms with E-state index in [-0.39, 0.29) is 17.5 Å². The molecular formula is C27H31FN8O2. The second-order valence-electron chi connectivity index (χ2n) is 10.3. The molecule has 2 aliphatic heterocycles. The van der Waals surface area contributed by atoms with Crippen LogP contribution in [-0.2, 0) is 11.8 Å². The number of halogens is 1. The summed E-state index contributed by atoms with van der Waals surface area (Å²) in [5.41, 5.74) is 2.53. The standard InChI is InChI=1S/C27H31FN8O2/c1-15-11-36(12-16(2)30-15)23-5-4-20(25-21(23)10-29-27(33-25)32-18-6-7-38-14-18)26(37)31-19-8-17-13-35(3)34-24(17)22(28)9-19/h4-5,8-10,13,15-16,18,30H,6-7,11-12,14H2,1-3H3,(H,31,37)(H,29,32,33)/t15-,16-,18?/m1/s1. The monoisotopic (exact) mass is 518 g/mol. The number of carbonyl (C=O) groups excluding carboxylic acids is 1. The van der Waals surface area contributed by atoms with E-state index < -0.39 is 5.82 Å². The summed E-state index contributed by atoms with van der Waals surface area (Å²) < 4.78 is 21.7. The fraction of sp³-hybridized carbons (Fsp3) is 0.407. The molecule has 0 saturated carbocycles. The van der Waals surface area contributed by atoms with Gasteiger partial charge in [0, 0.05) is 73.4 Å². The number of hydrogen-bond donors (Lipinski definition) is 3. The minimum atomic E-state index is -0.492. The van der Waals surface area contributed by atoms with Crippen LogP contribution in [0.1, 0.15) is 30.6 Å². The zero-order valence-corrected chi connectivity index (χ0v) is 21.7. The zero-order valence-electron chi connectivity index (χ0n) is 21.7.